The van der Waals surface area contributed by atoms with Gasteiger partial charge in [-0.3, -0.25) is 4.79 Å². The van der Waals surface area contributed by atoms with Crippen molar-refractivity contribution in [2.24, 2.45) is 0 Å². The van der Waals surface area contributed by atoms with Crippen LogP contribution < -0.4 is 5.32 Å². The van der Waals surface area contributed by atoms with E-state index in [9.17, 15) is 4.79 Å². The second kappa shape index (κ2) is 4.95. The summed E-state index contributed by atoms with van der Waals surface area (Å²) in [6.45, 7) is 8.03. The molecule has 6 nitrogen and oxygen atoms in total. The lowest BCUT2D eigenvalue weighted by molar-refractivity contribution is 0.0955. The molecule has 1 amide bonds. The number of fused-ring (bicyclic) bond motifs is 1. The Bertz CT molecular complexity index is 602. The predicted molar refractivity (Wildman–Crippen MR) is 67.3 cm³/mol. The van der Waals surface area contributed by atoms with Crippen molar-refractivity contribution in [2.45, 2.75) is 20.3 Å². The van der Waals surface area contributed by atoms with Crippen LogP contribution in [0.1, 0.15) is 29.9 Å². The summed E-state index contributed by atoms with van der Waals surface area (Å²) in [5.74, 6) is 0.336. The fraction of sp³-hybridized carbons (Fsp3) is 0.333. The van der Waals surface area contributed by atoms with Crippen molar-refractivity contribution in [2.75, 3.05) is 6.54 Å². The molecule has 0 unspecified atom stereocenters. The van der Waals surface area contributed by atoms with Crippen molar-refractivity contribution >= 4 is 11.7 Å². The van der Waals surface area contributed by atoms with Gasteiger partial charge in [-0.05, 0) is 13.3 Å². The molecule has 2 aromatic rings. The van der Waals surface area contributed by atoms with Crippen LogP contribution in [0.3, 0.4) is 0 Å². The molecule has 0 aliphatic carbocycles. The van der Waals surface area contributed by atoms with E-state index in [1.54, 1.807) is 4.52 Å². The highest BCUT2D eigenvalue weighted by atomic mass is 16.1. The summed E-state index contributed by atoms with van der Waals surface area (Å²) in [4.78, 5) is 20.1. The average molecular weight is 245 g/mol. The highest BCUT2D eigenvalue weighted by Gasteiger charge is 2.14. The predicted octanol–water partition coefficient (Wildman–Crippen LogP) is 0.993. The molecule has 0 saturated heterocycles. The van der Waals surface area contributed by atoms with E-state index in [0.29, 0.717) is 24.3 Å². The zero-order chi connectivity index (χ0) is 13.1. The fourth-order valence-corrected chi connectivity index (χ4v) is 1.68. The zero-order valence-corrected chi connectivity index (χ0v) is 10.5. The molecule has 2 heterocycles. The Hall–Kier alpha value is -2.24. The van der Waals surface area contributed by atoms with Gasteiger partial charge < -0.3 is 5.32 Å². The fourth-order valence-electron chi connectivity index (χ4n) is 1.68. The largest absolute Gasteiger partial charge is 0.348 e. The van der Waals surface area contributed by atoms with Crippen LogP contribution in [0.5, 0.6) is 0 Å². The number of aromatic nitrogens is 4. The van der Waals surface area contributed by atoms with Crippen LogP contribution in [0.15, 0.2) is 24.7 Å². The van der Waals surface area contributed by atoms with E-state index < -0.39 is 0 Å². The second-order valence-electron chi connectivity index (χ2n) is 4.08. The zero-order valence-electron chi connectivity index (χ0n) is 10.5. The second-order valence-corrected chi connectivity index (χ2v) is 4.08. The minimum Gasteiger partial charge on any atom is -0.348 e. The minimum atomic E-state index is -0.167. The van der Waals surface area contributed by atoms with Gasteiger partial charge in [0.05, 0.1) is 11.3 Å². The van der Waals surface area contributed by atoms with Crippen LogP contribution in [0.25, 0.3) is 5.78 Å². The Labute approximate surface area is 105 Å². The van der Waals surface area contributed by atoms with E-state index in [-0.39, 0.29) is 5.91 Å². The van der Waals surface area contributed by atoms with Crippen molar-refractivity contribution in [1.29, 1.82) is 0 Å². The van der Waals surface area contributed by atoms with Crippen LogP contribution in [-0.2, 0) is 6.42 Å². The molecule has 0 aliphatic heterocycles. The molecule has 6 heteroatoms. The van der Waals surface area contributed by atoms with Crippen molar-refractivity contribution in [3.8, 4) is 0 Å². The summed E-state index contributed by atoms with van der Waals surface area (Å²) in [6, 6.07) is 0. The molecule has 0 aliphatic rings. The summed E-state index contributed by atoms with van der Waals surface area (Å²) in [6.07, 6.45) is 3.64. The van der Waals surface area contributed by atoms with Gasteiger partial charge in [-0.25, -0.2) is 9.50 Å². The molecule has 0 radical (unpaired) electrons. The maximum Gasteiger partial charge on any atom is 0.254 e. The van der Waals surface area contributed by atoms with E-state index in [2.05, 4.69) is 27.0 Å². The number of carbonyl (C=O) groups is 1. The van der Waals surface area contributed by atoms with Crippen molar-refractivity contribution < 1.29 is 4.79 Å². The van der Waals surface area contributed by atoms with Gasteiger partial charge in [0.1, 0.15) is 6.33 Å². The van der Waals surface area contributed by atoms with E-state index >= 15 is 0 Å². The number of amides is 1. The Kier molecular flexibility index (Phi) is 3.36. The van der Waals surface area contributed by atoms with Crippen molar-refractivity contribution in [3.63, 3.8) is 0 Å². The van der Waals surface area contributed by atoms with Crippen LogP contribution in [0.2, 0.25) is 0 Å². The first-order valence-electron chi connectivity index (χ1n) is 5.73. The lowest BCUT2D eigenvalue weighted by atomic mass is 10.1. The lowest BCUT2D eigenvalue weighted by Crippen LogP contribution is -2.27. The standard InChI is InChI=1S/C12H15N5O/c1-4-10-9(11(18)13-5-8(2)3)6-14-12-15-7-16-17(10)12/h6-7H,2,4-5H2,1,3H3,(H,13,18). The molecule has 1 N–H and O–H groups in total. The maximum atomic E-state index is 12.0. The third kappa shape index (κ3) is 2.22. The summed E-state index contributed by atoms with van der Waals surface area (Å²) < 4.78 is 1.59. The molecule has 94 valence electrons. The number of hydrogen-bond acceptors (Lipinski definition) is 4. The highest BCUT2D eigenvalue weighted by molar-refractivity contribution is 5.95. The number of carbonyl (C=O) groups excluding carboxylic acids is 1. The molecular formula is C12H15N5O. The summed E-state index contributed by atoms with van der Waals surface area (Å²) >= 11 is 0. The molecule has 2 aromatic heterocycles. The first kappa shape index (κ1) is 12.2. The Morgan fingerprint density at radius 3 is 2.94 bits per heavy atom. The molecule has 18 heavy (non-hydrogen) atoms. The quantitative estimate of drug-likeness (QED) is 0.815. The molecule has 2 rings (SSSR count). The normalized spacial score (nSPS) is 10.6. The molecule has 0 fully saturated rings. The van der Waals surface area contributed by atoms with Gasteiger partial charge in [0.2, 0.25) is 0 Å². The van der Waals surface area contributed by atoms with Crippen LogP contribution in [-0.4, -0.2) is 32.0 Å². The van der Waals surface area contributed by atoms with Gasteiger partial charge in [-0.1, -0.05) is 19.1 Å². The number of hydrogen-bond donors (Lipinski definition) is 1. The monoisotopic (exact) mass is 245 g/mol. The molecule has 0 atom stereocenters. The Morgan fingerprint density at radius 2 is 2.28 bits per heavy atom. The van der Waals surface area contributed by atoms with Crippen LogP contribution in [0.4, 0.5) is 0 Å². The molecular weight excluding hydrogens is 230 g/mol. The smallest absolute Gasteiger partial charge is 0.254 e. The Balaban J connectivity index is 2.37. The van der Waals surface area contributed by atoms with Gasteiger partial charge in [0, 0.05) is 12.7 Å². The maximum absolute atomic E-state index is 12.0. The van der Waals surface area contributed by atoms with Crippen LogP contribution >= 0.6 is 0 Å². The molecule has 0 bridgehead atoms. The van der Waals surface area contributed by atoms with Crippen LogP contribution in [0, 0.1) is 0 Å². The van der Waals surface area contributed by atoms with Gasteiger partial charge >= 0.3 is 0 Å². The summed E-state index contributed by atoms with van der Waals surface area (Å²) in [5.41, 5.74) is 2.23. The SMILES string of the molecule is C=C(C)CNC(=O)c1cnc2ncnn2c1CC. The topological polar surface area (TPSA) is 72.2 Å². The number of nitrogens with zero attached hydrogens (tertiary/aromatic N) is 4. The van der Waals surface area contributed by atoms with Crippen molar-refractivity contribution in [3.05, 3.63) is 35.9 Å². The van der Waals surface area contributed by atoms with E-state index in [1.807, 2.05) is 13.8 Å². The van der Waals surface area contributed by atoms with Gasteiger partial charge in [-0.15, -0.1) is 0 Å². The van der Waals surface area contributed by atoms with Crippen molar-refractivity contribution in [1.82, 2.24) is 24.9 Å². The third-order valence-electron chi connectivity index (χ3n) is 2.54. The third-order valence-corrected chi connectivity index (χ3v) is 2.54. The first-order valence-corrected chi connectivity index (χ1v) is 5.73. The van der Waals surface area contributed by atoms with Gasteiger partial charge in [0.15, 0.2) is 0 Å². The summed E-state index contributed by atoms with van der Waals surface area (Å²) in [5, 5.41) is 6.86. The molecule has 0 aromatic carbocycles. The summed E-state index contributed by atoms with van der Waals surface area (Å²) in [7, 11) is 0. The number of rotatable bonds is 4. The highest BCUT2D eigenvalue weighted by Crippen LogP contribution is 2.09. The average Bonchev–Trinajstić information content (AvgIpc) is 2.82. The number of aryl methyl sites for hydroxylation is 1. The van der Waals surface area contributed by atoms with E-state index in [0.717, 1.165) is 11.3 Å². The number of nitrogens with one attached hydrogen (secondary N) is 1. The van der Waals surface area contributed by atoms with E-state index in [1.165, 1.54) is 12.5 Å². The minimum absolute atomic E-state index is 0.167. The van der Waals surface area contributed by atoms with Gasteiger partial charge in [-0.2, -0.15) is 10.1 Å². The first-order chi connectivity index (χ1) is 8.63. The lowest BCUT2D eigenvalue weighted by Gasteiger charge is -2.09. The van der Waals surface area contributed by atoms with E-state index in [4.69, 9.17) is 0 Å². The molecule has 0 spiro atoms. The molecule has 0 saturated carbocycles. The Morgan fingerprint density at radius 1 is 1.50 bits per heavy atom. The van der Waals surface area contributed by atoms with Gasteiger partial charge in [0.25, 0.3) is 11.7 Å².